The molecule has 0 spiro atoms. The lowest BCUT2D eigenvalue weighted by Gasteiger charge is -2.35. The zero-order valence-corrected chi connectivity index (χ0v) is 21.1. The summed E-state index contributed by atoms with van der Waals surface area (Å²) in [5.41, 5.74) is 1.30. The first kappa shape index (κ1) is 24.8. The quantitative estimate of drug-likeness (QED) is 0.327. The van der Waals surface area contributed by atoms with Gasteiger partial charge in [0, 0.05) is 71.4 Å². The fourth-order valence-electron chi connectivity index (χ4n) is 4.24. The van der Waals surface area contributed by atoms with Gasteiger partial charge in [-0.25, -0.2) is 9.97 Å². The average molecular weight is 503 g/mol. The molecule has 0 bridgehead atoms. The molecule has 0 N–H and O–H groups in total. The number of piperazine rings is 2. The van der Waals surface area contributed by atoms with Gasteiger partial charge in [-0.2, -0.15) is 0 Å². The SMILES string of the molecule is CCC(=O)N1CCN(c2cc(Cl)nc(SCC(=O)N3CCN(Cc4ccccc4)CC3)n2)CC1. The Balaban J connectivity index is 1.25. The van der Waals surface area contributed by atoms with E-state index < -0.39 is 0 Å². The van der Waals surface area contributed by atoms with Crippen molar-refractivity contribution in [1.82, 2.24) is 24.7 Å². The largest absolute Gasteiger partial charge is 0.353 e. The summed E-state index contributed by atoms with van der Waals surface area (Å²) in [7, 11) is 0. The van der Waals surface area contributed by atoms with E-state index in [1.807, 2.05) is 22.8 Å². The molecular formula is C24H31ClN6O2S. The summed E-state index contributed by atoms with van der Waals surface area (Å²) in [5.74, 6) is 1.31. The number of benzene rings is 1. The van der Waals surface area contributed by atoms with E-state index in [0.717, 1.165) is 38.5 Å². The van der Waals surface area contributed by atoms with Crippen LogP contribution in [0.4, 0.5) is 5.82 Å². The van der Waals surface area contributed by atoms with Gasteiger partial charge >= 0.3 is 0 Å². The van der Waals surface area contributed by atoms with Gasteiger partial charge in [-0.05, 0) is 5.56 Å². The van der Waals surface area contributed by atoms with Gasteiger partial charge in [-0.3, -0.25) is 14.5 Å². The molecule has 2 amide bonds. The highest BCUT2D eigenvalue weighted by Crippen LogP contribution is 2.23. The number of amides is 2. The Morgan fingerprint density at radius 3 is 2.24 bits per heavy atom. The van der Waals surface area contributed by atoms with Gasteiger partial charge in [0.05, 0.1) is 5.75 Å². The Hall–Kier alpha value is -2.36. The van der Waals surface area contributed by atoms with E-state index >= 15 is 0 Å². The molecule has 0 saturated carbocycles. The van der Waals surface area contributed by atoms with Crippen LogP contribution >= 0.6 is 23.4 Å². The Labute approximate surface area is 210 Å². The Morgan fingerprint density at radius 2 is 1.56 bits per heavy atom. The van der Waals surface area contributed by atoms with Crippen LogP contribution in [0, 0.1) is 0 Å². The van der Waals surface area contributed by atoms with E-state index in [-0.39, 0.29) is 17.6 Å². The molecule has 2 aliphatic rings. The fourth-order valence-corrected chi connectivity index (χ4v) is 5.22. The Morgan fingerprint density at radius 1 is 0.912 bits per heavy atom. The number of hydrogen-bond acceptors (Lipinski definition) is 7. The zero-order valence-electron chi connectivity index (χ0n) is 19.5. The fraction of sp³-hybridized carbons (Fsp3) is 0.500. The van der Waals surface area contributed by atoms with Gasteiger partial charge in [0.15, 0.2) is 5.16 Å². The van der Waals surface area contributed by atoms with Crippen molar-refractivity contribution < 1.29 is 9.59 Å². The maximum Gasteiger partial charge on any atom is 0.233 e. The first-order chi connectivity index (χ1) is 16.5. The Bertz CT molecular complexity index is 979. The minimum atomic E-state index is 0.0983. The number of halogens is 1. The predicted octanol–water partition coefficient (Wildman–Crippen LogP) is 2.63. The van der Waals surface area contributed by atoms with Crippen molar-refractivity contribution >= 4 is 41.0 Å². The molecule has 3 heterocycles. The van der Waals surface area contributed by atoms with Crippen molar-refractivity contribution in [1.29, 1.82) is 0 Å². The van der Waals surface area contributed by atoms with Crippen molar-refractivity contribution in [3.05, 3.63) is 47.1 Å². The number of hydrogen-bond donors (Lipinski definition) is 0. The standard InChI is InChI=1S/C24H31ClN6O2S/c1-2-22(32)30-14-12-29(13-15-30)21-16-20(25)26-24(27-21)34-18-23(33)31-10-8-28(9-11-31)17-19-6-4-3-5-7-19/h3-7,16H,2,8-15,17-18H2,1H3. The number of carbonyl (C=O) groups excluding carboxylic acids is 2. The van der Waals surface area contributed by atoms with Crippen molar-refractivity contribution in [3.8, 4) is 0 Å². The third-order valence-corrected chi connectivity index (χ3v) is 7.24. The second-order valence-electron chi connectivity index (χ2n) is 8.48. The van der Waals surface area contributed by atoms with Crippen LogP contribution in [0.25, 0.3) is 0 Å². The molecule has 2 fully saturated rings. The minimum absolute atomic E-state index is 0.0983. The van der Waals surface area contributed by atoms with Crippen LogP contribution in [-0.4, -0.2) is 94.6 Å². The first-order valence-electron chi connectivity index (χ1n) is 11.8. The van der Waals surface area contributed by atoms with Crippen LogP contribution in [0.15, 0.2) is 41.6 Å². The van der Waals surface area contributed by atoms with Crippen LogP contribution in [0.5, 0.6) is 0 Å². The second-order valence-corrected chi connectivity index (χ2v) is 9.81. The van der Waals surface area contributed by atoms with Crippen molar-refractivity contribution in [2.45, 2.75) is 25.0 Å². The number of aromatic nitrogens is 2. The van der Waals surface area contributed by atoms with Gasteiger partial charge in [-0.15, -0.1) is 0 Å². The zero-order chi connectivity index (χ0) is 23.9. The lowest BCUT2D eigenvalue weighted by molar-refractivity contribution is -0.131. The molecule has 182 valence electrons. The summed E-state index contributed by atoms with van der Waals surface area (Å²) >= 11 is 7.59. The smallest absolute Gasteiger partial charge is 0.233 e. The van der Waals surface area contributed by atoms with Crippen LogP contribution in [-0.2, 0) is 16.1 Å². The molecule has 10 heteroatoms. The molecule has 0 aliphatic carbocycles. The van der Waals surface area contributed by atoms with Gasteiger partial charge < -0.3 is 14.7 Å². The summed E-state index contributed by atoms with van der Waals surface area (Å²) < 4.78 is 0. The van der Waals surface area contributed by atoms with Crippen LogP contribution in [0.2, 0.25) is 5.15 Å². The van der Waals surface area contributed by atoms with E-state index in [0.29, 0.717) is 42.9 Å². The molecule has 1 aromatic heterocycles. The Kier molecular flexibility index (Phi) is 8.64. The lowest BCUT2D eigenvalue weighted by Crippen LogP contribution is -2.49. The minimum Gasteiger partial charge on any atom is -0.353 e. The molecule has 2 saturated heterocycles. The molecule has 0 atom stereocenters. The summed E-state index contributed by atoms with van der Waals surface area (Å²) in [6.07, 6.45) is 0.524. The maximum absolute atomic E-state index is 12.8. The third-order valence-electron chi connectivity index (χ3n) is 6.22. The lowest BCUT2D eigenvalue weighted by atomic mass is 10.2. The van der Waals surface area contributed by atoms with Crippen molar-refractivity contribution in [3.63, 3.8) is 0 Å². The van der Waals surface area contributed by atoms with Crippen LogP contribution in [0.1, 0.15) is 18.9 Å². The maximum atomic E-state index is 12.8. The van der Waals surface area contributed by atoms with Gasteiger partial charge in [0.25, 0.3) is 0 Å². The topological polar surface area (TPSA) is 72.9 Å². The van der Waals surface area contributed by atoms with E-state index in [4.69, 9.17) is 11.6 Å². The average Bonchev–Trinajstić information content (AvgIpc) is 2.87. The first-order valence-corrected chi connectivity index (χ1v) is 13.1. The van der Waals surface area contributed by atoms with Gasteiger partial charge in [0.1, 0.15) is 11.0 Å². The number of anilines is 1. The van der Waals surface area contributed by atoms with Crippen LogP contribution < -0.4 is 4.90 Å². The van der Waals surface area contributed by atoms with Crippen molar-refractivity contribution in [2.24, 2.45) is 0 Å². The van der Waals surface area contributed by atoms with Gasteiger partial charge in [0.2, 0.25) is 11.8 Å². The third kappa shape index (κ3) is 6.61. The number of nitrogens with zero attached hydrogens (tertiary/aromatic N) is 6. The summed E-state index contributed by atoms with van der Waals surface area (Å²) in [4.78, 5) is 41.9. The number of carbonyl (C=O) groups is 2. The molecule has 2 aliphatic heterocycles. The molecule has 0 unspecified atom stereocenters. The van der Waals surface area contributed by atoms with E-state index in [9.17, 15) is 9.59 Å². The predicted molar refractivity (Wildman–Crippen MR) is 135 cm³/mol. The summed E-state index contributed by atoms with van der Waals surface area (Å²) in [5, 5.41) is 0.868. The van der Waals surface area contributed by atoms with Crippen molar-refractivity contribution in [2.75, 3.05) is 63.0 Å². The highest BCUT2D eigenvalue weighted by atomic mass is 35.5. The molecule has 1 aromatic carbocycles. The number of thioether (sulfide) groups is 1. The normalized spacial score (nSPS) is 17.2. The summed E-state index contributed by atoms with van der Waals surface area (Å²) in [6.45, 7) is 8.75. The van der Waals surface area contributed by atoms with Gasteiger partial charge in [-0.1, -0.05) is 60.6 Å². The van der Waals surface area contributed by atoms with E-state index in [1.165, 1.54) is 17.3 Å². The summed E-state index contributed by atoms with van der Waals surface area (Å²) in [6, 6.07) is 12.2. The number of rotatable bonds is 7. The monoisotopic (exact) mass is 502 g/mol. The van der Waals surface area contributed by atoms with E-state index in [1.54, 1.807) is 6.07 Å². The molecular weight excluding hydrogens is 472 g/mol. The molecule has 0 radical (unpaired) electrons. The van der Waals surface area contributed by atoms with E-state index in [2.05, 4.69) is 44.0 Å². The highest BCUT2D eigenvalue weighted by molar-refractivity contribution is 7.99. The van der Waals surface area contributed by atoms with Crippen LogP contribution in [0.3, 0.4) is 0 Å². The molecule has 2 aromatic rings. The molecule has 4 rings (SSSR count). The molecule has 34 heavy (non-hydrogen) atoms. The highest BCUT2D eigenvalue weighted by Gasteiger charge is 2.23. The second kappa shape index (κ2) is 11.9. The molecule has 8 nitrogen and oxygen atoms in total.